The van der Waals surface area contributed by atoms with Gasteiger partial charge in [0, 0.05) is 32.5 Å². The first-order valence-corrected chi connectivity index (χ1v) is 10.1. The first-order valence-electron chi connectivity index (χ1n) is 10.1. The van der Waals surface area contributed by atoms with Gasteiger partial charge in [0.15, 0.2) is 0 Å². The van der Waals surface area contributed by atoms with Crippen LogP contribution in [0.25, 0.3) is 0 Å². The Morgan fingerprint density at radius 2 is 1.94 bits per heavy atom. The molecule has 10 heteroatoms. The van der Waals surface area contributed by atoms with Crippen LogP contribution in [0, 0.1) is 0 Å². The van der Waals surface area contributed by atoms with E-state index in [1.54, 1.807) is 13.8 Å². The van der Waals surface area contributed by atoms with E-state index in [-0.39, 0.29) is 31.1 Å². The molecular formula is C21H24F3N3O4. The maximum atomic E-state index is 13.3. The SMILES string of the molecule is CC[C@@H]1C(=O)NCCN1C(=O)C[C@]1(c2cccc(C(F)(F)F)c2)CC(=O)N(CC)C1=O. The molecule has 2 saturated heterocycles. The number of likely N-dealkylation sites (tertiary alicyclic amines) is 1. The molecular weight excluding hydrogens is 415 g/mol. The molecule has 168 valence electrons. The van der Waals surface area contributed by atoms with E-state index in [0.29, 0.717) is 6.42 Å². The van der Waals surface area contributed by atoms with E-state index < -0.39 is 53.8 Å². The molecule has 2 fully saturated rings. The second kappa shape index (κ2) is 8.32. The summed E-state index contributed by atoms with van der Waals surface area (Å²) in [6.07, 6.45) is -5.18. The summed E-state index contributed by atoms with van der Waals surface area (Å²) in [6, 6.07) is 3.49. The second-order valence-corrected chi connectivity index (χ2v) is 7.76. The summed E-state index contributed by atoms with van der Waals surface area (Å²) in [5.41, 5.74) is -2.73. The zero-order chi connectivity index (χ0) is 23.0. The highest BCUT2D eigenvalue weighted by molar-refractivity contribution is 6.11. The number of halogens is 3. The summed E-state index contributed by atoms with van der Waals surface area (Å²) < 4.78 is 39.9. The van der Waals surface area contributed by atoms with Crippen LogP contribution in [0.5, 0.6) is 0 Å². The third-order valence-electron chi connectivity index (χ3n) is 5.96. The first kappa shape index (κ1) is 22.8. The molecule has 0 spiro atoms. The molecule has 0 saturated carbocycles. The molecule has 0 aliphatic carbocycles. The lowest BCUT2D eigenvalue weighted by Crippen LogP contribution is -2.58. The Hall–Kier alpha value is -2.91. The predicted molar refractivity (Wildman–Crippen MR) is 104 cm³/mol. The van der Waals surface area contributed by atoms with Gasteiger partial charge in [0.2, 0.25) is 23.6 Å². The second-order valence-electron chi connectivity index (χ2n) is 7.76. The van der Waals surface area contributed by atoms with Gasteiger partial charge in [0.1, 0.15) is 6.04 Å². The summed E-state index contributed by atoms with van der Waals surface area (Å²) in [7, 11) is 0. The van der Waals surface area contributed by atoms with Crippen molar-refractivity contribution in [2.24, 2.45) is 0 Å². The van der Waals surface area contributed by atoms with Crippen LogP contribution < -0.4 is 5.32 Å². The highest BCUT2D eigenvalue weighted by Gasteiger charge is 2.54. The molecule has 0 bridgehead atoms. The minimum Gasteiger partial charge on any atom is -0.353 e. The van der Waals surface area contributed by atoms with E-state index in [0.717, 1.165) is 17.0 Å². The number of alkyl halides is 3. The van der Waals surface area contributed by atoms with Crippen LogP contribution in [-0.2, 0) is 30.8 Å². The molecule has 3 rings (SSSR count). The van der Waals surface area contributed by atoms with Crippen LogP contribution in [0.3, 0.4) is 0 Å². The van der Waals surface area contributed by atoms with E-state index >= 15 is 0 Å². The van der Waals surface area contributed by atoms with Crippen molar-refractivity contribution in [3.8, 4) is 0 Å². The largest absolute Gasteiger partial charge is 0.416 e. The van der Waals surface area contributed by atoms with Gasteiger partial charge in [-0.3, -0.25) is 24.1 Å². The zero-order valence-electron chi connectivity index (χ0n) is 17.3. The number of benzene rings is 1. The number of amides is 4. The van der Waals surface area contributed by atoms with Gasteiger partial charge in [0.05, 0.1) is 11.0 Å². The summed E-state index contributed by atoms with van der Waals surface area (Å²) in [6.45, 7) is 3.84. The Kier molecular flexibility index (Phi) is 6.11. The van der Waals surface area contributed by atoms with E-state index in [2.05, 4.69) is 5.32 Å². The standard InChI is InChI=1S/C21H24F3N3O4/c1-3-15-18(30)25-8-9-27(15)17(29)12-20(11-16(28)26(4-2)19(20)31)13-6-5-7-14(10-13)21(22,23)24/h5-7,10,15H,3-4,8-9,11-12H2,1-2H3,(H,25,30)/t15-,20+/m1/s1. The fourth-order valence-electron chi connectivity index (χ4n) is 4.36. The van der Waals surface area contributed by atoms with E-state index in [1.165, 1.54) is 17.0 Å². The molecule has 2 aliphatic rings. The summed E-state index contributed by atoms with van der Waals surface area (Å²) in [5, 5.41) is 2.67. The fourth-order valence-corrected chi connectivity index (χ4v) is 4.36. The van der Waals surface area contributed by atoms with Gasteiger partial charge in [-0.15, -0.1) is 0 Å². The minimum atomic E-state index is -4.64. The van der Waals surface area contributed by atoms with Crippen LogP contribution in [0.2, 0.25) is 0 Å². The van der Waals surface area contributed by atoms with Crippen LogP contribution >= 0.6 is 0 Å². The summed E-state index contributed by atoms with van der Waals surface area (Å²) in [5.74, 6) is -2.10. The Morgan fingerprint density at radius 3 is 2.52 bits per heavy atom. The number of likely N-dealkylation sites (N-methyl/N-ethyl adjacent to an activating group) is 1. The summed E-state index contributed by atoms with van der Waals surface area (Å²) in [4.78, 5) is 53.4. The average Bonchev–Trinajstić information content (AvgIpc) is 2.97. The van der Waals surface area contributed by atoms with Crippen molar-refractivity contribution in [1.82, 2.24) is 15.1 Å². The monoisotopic (exact) mass is 439 g/mol. The number of nitrogens with one attached hydrogen (secondary N) is 1. The fraction of sp³-hybridized carbons (Fsp3) is 0.524. The number of carbonyl (C=O) groups is 4. The van der Waals surface area contributed by atoms with Gasteiger partial charge >= 0.3 is 6.18 Å². The normalized spacial score (nSPS) is 24.5. The maximum absolute atomic E-state index is 13.3. The van der Waals surface area contributed by atoms with E-state index in [9.17, 15) is 32.3 Å². The molecule has 2 aliphatic heterocycles. The van der Waals surface area contributed by atoms with Crippen molar-refractivity contribution < 1.29 is 32.3 Å². The number of nitrogens with zero attached hydrogens (tertiary/aromatic N) is 2. The average molecular weight is 439 g/mol. The molecule has 0 aromatic heterocycles. The molecule has 1 N–H and O–H groups in total. The van der Waals surface area contributed by atoms with Gasteiger partial charge in [-0.2, -0.15) is 13.2 Å². The van der Waals surface area contributed by atoms with Gasteiger partial charge in [-0.25, -0.2) is 0 Å². The van der Waals surface area contributed by atoms with Crippen LogP contribution in [-0.4, -0.2) is 59.1 Å². The lowest BCUT2D eigenvalue weighted by atomic mass is 9.75. The first-order chi connectivity index (χ1) is 14.5. The van der Waals surface area contributed by atoms with Crippen LogP contribution in [0.1, 0.15) is 44.2 Å². The van der Waals surface area contributed by atoms with Crippen LogP contribution in [0.15, 0.2) is 24.3 Å². The summed E-state index contributed by atoms with van der Waals surface area (Å²) >= 11 is 0. The predicted octanol–water partition coefficient (Wildman–Crippen LogP) is 1.85. The van der Waals surface area contributed by atoms with Crippen molar-refractivity contribution in [1.29, 1.82) is 0 Å². The minimum absolute atomic E-state index is 0.0283. The van der Waals surface area contributed by atoms with Gasteiger partial charge in [0.25, 0.3) is 0 Å². The van der Waals surface area contributed by atoms with Gasteiger partial charge < -0.3 is 10.2 Å². The number of hydrogen-bond donors (Lipinski definition) is 1. The van der Waals surface area contributed by atoms with E-state index in [4.69, 9.17) is 0 Å². The lowest BCUT2D eigenvalue weighted by molar-refractivity contribution is -0.146. The highest BCUT2D eigenvalue weighted by atomic mass is 19.4. The van der Waals surface area contributed by atoms with Gasteiger partial charge in [-0.1, -0.05) is 25.1 Å². The van der Waals surface area contributed by atoms with Gasteiger partial charge in [-0.05, 0) is 25.0 Å². The molecule has 1 aromatic carbocycles. The van der Waals surface area contributed by atoms with Crippen LogP contribution in [0.4, 0.5) is 13.2 Å². The van der Waals surface area contributed by atoms with Crippen molar-refractivity contribution in [2.75, 3.05) is 19.6 Å². The smallest absolute Gasteiger partial charge is 0.353 e. The Labute approximate surface area is 177 Å². The molecule has 0 radical (unpaired) electrons. The van der Waals surface area contributed by atoms with Crippen molar-refractivity contribution in [3.63, 3.8) is 0 Å². The molecule has 2 heterocycles. The van der Waals surface area contributed by atoms with E-state index in [1.807, 2.05) is 0 Å². The molecule has 2 atom stereocenters. The Balaban J connectivity index is 2.05. The molecule has 1 aromatic rings. The topological polar surface area (TPSA) is 86.8 Å². The molecule has 31 heavy (non-hydrogen) atoms. The molecule has 0 unspecified atom stereocenters. The maximum Gasteiger partial charge on any atom is 0.416 e. The lowest BCUT2D eigenvalue weighted by Gasteiger charge is -2.37. The third kappa shape index (κ3) is 4.03. The zero-order valence-corrected chi connectivity index (χ0v) is 17.3. The Bertz CT molecular complexity index is 917. The highest BCUT2D eigenvalue weighted by Crippen LogP contribution is 2.42. The number of rotatable bonds is 5. The Morgan fingerprint density at radius 1 is 1.23 bits per heavy atom. The number of hydrogen-bond acceptors (Lipinski definition) is 4. The quantitative estimate of drug-likeness (QED) is 0.710. The van der Waals surface area contributed by atoms with Crippen molar-refractivity contribution >= 4 is 23.6 Å². The molecule has 4 amide bonds. The third-order valence-corrected chi connectivity index (χ3v) is 5.96. The molecule has 7 nitrogen and oxygen atoms in total. The van der Waals surface area contributed by atoms with Crippen molar-refractivity contribution in [2.45, 2.75) is 50.7 Å². The number of carbonyl (C=O) groups excluding carboxylic acids is 4. The van der Waals surface area contributed by atoms with Crippen molar-refractivity contribution in [3.05, 3.63) is 35.4 Å². The number of imide groups is 1. The number of piperazine rings is 1.